The van der Waals surface area contributed by atoms with Crippen LogP contribution in [0.4, 0.5) is 10.1 Å². The van der Waals surface area contributed by atoms with Crippen LogP contribution in [0.15, 0.2) is 94.9 Å². The second-order valence-corrected chi connectivity index (χ2v) is 17.1. The van der Waals surface area contributed by atoms with Crippen LogP contribution in [0.1, 0.15) is 72.7 Å². The number of carbonyl (C=O) groups is 2. The summed E-state index contributed by atoms with van der Waals surface area (Å²) in [5, 5.41) is 31.9. The largest absolute Gasteiger partial charge is 0.481 e. The van der Waals surface area contributed by atoms with Crippen LogP contribution >= 0.6 is 11.3 Å². The van der Waals surface area contributed by atoms with Gasteiger partial charge in [-0.15, -0.1) is 21.5 Å². The molecule has 1 aliphatic rings. The molecule has 1 aliphatic heterocycles. The molecule has 4 heterocycles. The molecule has 1 atom stereocenters. The minimum absolute atomic E-state index is 0.00520. The van der Waals surface area contributed by atoms with E-state index >= 15 is 4.39 Å². The Hall–Kier alpha value is -6.96. The van der Waals surface area contributed by atoms with Gasteiger partial charge in [0.2, 0.25) is 0 Å². The van der Waals surface area contributed by atoms with E-state index in [4.69, 9.17) is 4.99 Å². The lowest BCUT2D eigenvalue weighted by atomic mass is 9.96. The van der Waals surface area contributed by atoms with Crippen LogP contribution in [0.2, 0.25) is 0 Å². The predicted octanol–water partition coefficient (Wildman–Crippen LogP) is 7.82. The molecule has 8 rings (SSSR count). The van der Waals surface area contributed by atoms with Gasteiger partial charge in [0.05, 0.1) is 39.4 Å². The predicted molar refractivity (Wildman–Crippen MR) is 222 cm³/mol. The van der Waals surface area contributed by atoms with Crippen molar-refractivity contribution in [2.24, 2.45) is 4.99 Å². The molecule has 3 aromatic heterocycles. The summed E-state index contributed by atoms with van der Waals surface area (Å²) in [5.41, 5.74) is 7.00. The number of aliphatic carboxylic acids is 1. The zero-order valence-corrected chi connectivity index (χ0v) is 33.7. The van der Waals surface area contributed by atoms with Crippen molar-refractivity contribution in [1.29, 1.82) is 5.26 Å². The van der Waals surface area contributed by atoms with Crippen molar-refractivity contribution in [1.82, 2.24) is 25.1 Å². The van der Waals surface area contributed by atoms with Gasteiger partial charge in [-0.05, 0) is 85.8 Å². The fourth-order valence-corrected chi connectivity index (χ4v) is 9.54. The Morgan fingerprint density at radius 1 is 0.966 bits per heavy atom. The van der Waals surface area contributed by atoms with E-state index in [1.54, 1.807) is 41.7 Å². The third kappa shape index (κ3) is 7.15. The maximum Gasteiger partial charge on any atom is 0.306 e. The minimum Gasteiger partial charge on any atom is -0.481 e. The topological polar surface area (TPSA) is 195 Å². The zero-order chi connectivity index (χ0) is 41.7. The van der Waals surface area contributed by atoms with Crippen LogP contribution in [0.5, 0.6) is 0 Å². The minimum atomic E-state index is -4.00. The number of hydrogen-bond acceptors (Lipinski definition) is 9. The molecule has 0 unspecified atom stereocenters. The zero-order valence-electron chi connectivity index (χ0n) is 32.1. The van der Waals surface area contributed by atoms with Crippen molar-refractivity contribution >= 4 is 55.5 Å². The van der Waals surface area contributed by atoms with Gasteiger partial charge in [-0.2, -0.15) is 5.26 Å². The van der Waals surface area contributed by atoms with Crippen LogP contribution in [0.3, 0.4) is 0 Å². The number of thiophene rings is 1. The van der Waals surface area contributed by atoms with Crippen LogP contribution in [0, 0.1) is 44.8 Å². The Bertz CT molecular complexity index is 3030. The molecule has 16 heteroatoms. The normalized spacial score (nSPS) is 13.6. The van der Waals surface area contributed by atoms with Gasteiger partial charge in [-0.3, -0.25) is 23.9 Å². The quantitative estimate of drug-likeness (QED) is 0.107. The molecule has 59 heavy (non-hydrogen) atoms. The number of anilines is 1. The number of nitriles is 1. The third-order valence-corrected chi connectivity index (χ3v) is 13.0. The van der Waals surface area contributed by atoms with Gasteiger partial charge in [0, 0.05) is 34.1 Å². The molecule has 0 fully saturated rings. The number of aromatic amines is 1. The molecule has 13 nitrogen and oxygen atoms in total. The van der Waals surface area contributed by atoms with Gasteiger partial charge < -0.3 is 15.4 Å². The summed E-state index contributed by atoms with van der Waals surface area (Å²) in [7, 11) is -4.00. The van der Waals surface area contributed by atoms with Crippen molar-refractivity contribution in [2.75, 3.05) is 4.72 Å². The van der Waals surface area contributed by atoms with Gasteiger partial charge >= 0.3 is 5.97 Å². The first-order chi connectivity index (χ1) is 28.2. The summed E-state index contributed by atoms with van der Waals surface area (Å²) in [4.78, 5) is 34.0. The molecule has 0 aliphatic carbocycles. The van der Waals surface area contributed by atoms with Crippen molar-refractivity contribution in [3.8, 4) is 22.2 Å². The number of carboxylic acid groups (broad SMARTS) is 1. The number of aryl methyl sites for hydroxylation is 3. The number of sulfonamides is 1. The number of carboxylic acids is 1. The van der Waals surface area contributed by atoms with Crippen molar-refractivity contribution in [2.45, 2.75) is 51.6 Å². The lowest BCUT2D eigenvalue weighted by Crippen LogP contribution is -2.24. The Kier molecular flexibility index (Phi) is 9.95. The molecule has 0 saturated heterocycles. The Morgan fingerprint density at radius 3 is 2.37 bits per heavy atom. The van der Waals surface area contributed by atoms with E-state index in [0.29, 0.717) is 56.2 Å². The summed E-state index contributed by atoms with van der Waals surface area (Å²) in [5.74, 6) is -1.27. The van der Waals surface area contributed by atoms with E-state index in [1.807, 2.05) is 56.5 Å². The maximum atomic E-state index is 15.5. The number of nitrogens with zero attached hydrogens (tertiary/aromatic N) is 5. The number of aliphatic imine (C=N–C) groups is 1. The molecule has 4 aromatic carbocycles. The van der Waals surface area contributed by atoms with Crippen LogP contribution in [0.25, 0.3) is 27.0 Å². The lowest BCUT2D eigenvalue weighted by Gasteiger charge is -2.12. The van der Waals surface area contributed by atoms with Crippen molar-refractivity contribution in [3.05, 3.63) is 146 Å². The van der Waals surface area contributed by atoms with Gasteiger partial charge in [0.25, 0.3) is 15.9 Å². The highest BCUT2D eigenvalue weighted by Gasteiger charge is 2.32. The average molecular weight is 827 g/mol. The summed E-state index contributed by atoms with van der Waals surface area (Å²) >= 11 is 1.57. The van der Waals surface area contributed by atoms with Gasteiger partial charge in [0.15, 0.2) is 5.82 Å². The van der Waals surface area contributed by atoms with Gasteiger partial charge in [-0.25, -0.2) is 12.8 Å². The number of hydrogen-bond donors (Lipinski definition) is 4. The van der Waals surface area contributed by atoms with E-state index in [-0.39, 0.29) is 23.4 Å². The van der Waals surface area contributed by atoms with E-state index in [2.05, 4.69) is 31.3 Å². The van der Waals surface area contributed by atoms with E-state index in [1.165, 1.54) is 30.5 Å². The van der Waals surface area contributed by atoms with Gasteiger partial charge in [-0.1, -0.05) is 48.5 Å². The summed E-state index contributed by atoms with van der Waals surface area (Å²) < 4.78 is 46.5. The standard InChI is InChI=1S/C43H35FN8O5S2/c1-22-5-16-34(40-37(22)30(19-45)21-46-40)51-59(56,57)31-13-6-26(7-14-31)20-47-42(55)32-15-12-29(17-33(32)44)27-8-10-28(11-9-27)39-38-23(2)24(3)58-43(38)52-25(4)49-50-41(52)35(48-39)18-36(53)54/h5-17,21,35,46,51H,18,20H2,1-4H3,(H,47,55)(H,53,54)/t35-/m0/s1. The van der Waals surface area contributed by atoms with Crippen LogP contribution in [-0.4, -0.2) is 50.9 Å². The number of benzene rings is 4. The number of amides is 1. The fourth-order valence-electron chi connectivity index (χ4n) is 7.25. The lowest BCUT2D eigenvalue weighted by molar-refractivity contribution is -0.137. The smallest absolute Gasteiger partial charge is 0.306 e. The molecule has 7 aromatic rings. The Balaban J connectivity index is 0.961. The van der Waals surface area contributed by atoms with Crippen molar-refractivity contribution in [3.63, 3.8) is 0 Å². The first-order valence-electron chi connectivity index (χ1n) is 18.4. The number of fused-ring (bicyclic) bond motifs is 4. The van der Waals surface area contributed by atoms with E-state index < -0.39 is 33.8 Å². The molecule has 1 amide bonds. The monoisotopic (exact) mass is 826 g/mol. The Labute approximate surface area is 342 Å². The molecule has 0 saturated carbocycles. The number of rotatable bonds is 10. The second-order valence-electron chi connectivity index (χ2n) is 14.2. The third-order valence-electron chi connectivity index (χ3n) is 10.4. The van der Waals surface area contributed by atoms with Gasteiger partial charge in [0.1, 0.15) is 28.8 Å². The summed E-state index contributed by atoms with van der Waals surface area (Å²) in [6.07, 6.45) is 1.27. The van der Waals surface area contributed by atoms with E-state index in [0.717, 1.165) is 32.1 Å². The fraction of sp³-hybridized carbons (Fsp3) is 0.163. The number of H-pyrrole nitrogens is 1. The number of halogens is 1. The molecular formula is C43H35FN8O5S2. The van der Waals surface area contributed by atoms with E-state index in [9.17, 15) is 28.4 Å². The number of nitrogens with one attached hydrogen (secondary N) is 3. The average Bonchev–Trinajstić information content (AvgIpc) is 3.89. The second kappa shape index (κ2) is 15.1. The Morgan fingerprint density at radius 2 is 1.68 bits per heavy atom. The summed E-state index contributed by atoms with van der Waals surface area (Å²) in [6.45, 7) is 7.72. The maximum absolute atomic E-state index is 15.5. The first-order valence-corrected chi connectivity index (χ1v) is 20.7. The van der Waals surface area contributed by atoms with Crippen molar-refractivity contribution < 1.29 is 27.5 Å². The highest BCUT2D eigenvalue weighted by atomic mass is 32.2. The molecule has 296 valence electrons. The van der Waals surface area contributed by atoms with Crippen LogP contribution in [-0.2, 0) is 21.4 Å². The molecule has 0 radical (unpaired) electrons. The highest BCUT2D eigenvalue weighted by molar-refractivity contribution is 7.92. The number of aromatic nitrogens is 4. The first kappa shape index (κ1) is 38.9. The SMILES string of the molecule is Cc1sc2c(c1C)C(c1ccc(-c3ccc(C(=O)NCc4ccc(S(=O)(=O)Nc5ccc(C)c6c(C#N)c[nH]c56)cc4)c(F)c3)cc1)=N[C@@H](CC(=O)O)c1nnc(C)n1-2. The molecule has 4 N–H and O–H groups in total. The van der Waals surface area contributed by atoms with Crippen LogP contribution < -0.4 is 10.0 Å². The summed E-state index contributed by atoms with van der Waals surface area (Å²) in [6, 6.07) is 22.4. The molecule has 0 bridgehead atoms. The highest BCUT2D eigenvalue weighted by Crippen LogP contribution is 2.40. The molecular weight excluding hydrogens is 792 g/mol. The molecule has 0 spiro atoms. The number of carbonyl (C=O) groups excluding carboxylic acids is 1.